The van der Waals surface area contributed by atoms with Crippen LogP contribution in [0.1, 0.15) is 23.7 Å². The molecule has 0 radical (unpaired) electrons. The van der Waals surface area contributed by atoms with Crippen LogP contribution < -0.4 is 10.1 Å². The Morgan fingerprint density at radius 1 is 1.47 bits per heavy atom. The number of ether oxygens (including phenoxy) is 1. The van der Waals surface area contributed by atoms with Crippen molar-refractivity contribution in [3.63, 3.8) is 0 Å². The lowest BCUT2D eigenvalue weighted by atomic mass is 9.95. The molecule has 0 fully saturated rings. The molecule has 0 bridgehead atoms. The second-order valence-electron chi connectivity index (χ2n) is 4.21. The number of hydrogen-bond donors (Lipinski definition) is 2. The molecule has 1 heterocycles. The summed E-state index contributed by atoms with van der Waals surface area (Å²) in [5, 5.41) is 11.5. The summed E-state index contributed by atoms with van der Waals surface area (Å²) >= 11 is 0. The monoisotopic (exact) mass is 263 g/mol. The topological polar surface area (TPSA) is 92.7 Å². The number of rotatable bonds is 4. The van der Waals surface area contributed by atoms with Crippen molar-refractivity contribution in [1.29, 1.82) is 0 Å². The van der Waals surface area contributed by atoms with Crippen molar-refractivity contribution in [2.24, 2.45) is 5.92 Å². The molecule has 0 saturated heterocycles. The SMILES string of the molecule is CCC(C(=O)O)C(=O)c1ccc2c(c1)NC(=O)CO2. The lowest BCUT2D eigenvalue weighted by Crippen LogP contribution is -2.26. The highest BCUT2D eigenvalue weighted by Crippen LogP contribution is 2.29. The molecule has 6 heteroatoms. The Balaban J connectivity index is 2.31. The summed E-state index contributed by atoms with van der Waals surface area (Å²) in [6.45, 7) is 1.58. The number of Topliss-reactive ketones (excluding diaryl/α,β-unsaturated/α-hetero) is 1. The normalized spacial score (nSPS) is 14.9. The Labute approximate surface area is 109 Å². The fraction of sp³-hybridized carbons (Fsp3) is 0.308. The second-order valence-corrected chi connectivity index (χ2v) is 4.21. The van der Waals surface area contributed by atoms with Crippen LogP contribution in [0.2, 0.25) is 0 Å². The highest BCUT2D eigenvalue weighted by molar-refractivity contribution is 6.09. The van der Waals surface area contributed by atoms with Crippen molar-refractivity contribution in [3.05, 3.63) is 23.8 Å². The maximum atomic E-state index is 12.1. The van der Waals surface area contributed by atoms with Crippen LogP contribution in [0.4, 0.5) is 5.69 Å². The number of carbonyl (C=O) groups excluding carboxylic acids is 2. The summed E-state index contributed by atoms with van der Waals surface area (Å²) in [4.78, 5) is 34.2. The van der Waals surface area contributed by atoms with Gasteiger partial charge in [-0.15, -0.1) is 0 Å². The van der Waals surface area contributed by atoms with E-state index in [1.54, 1.807) is 13.0 Å². The van der Waals surface area contributed by atoms with Crippen LogP contribution in [-0.2, 0) is 9.59 Å². The summed E-state index contributed by atoms with van der Waals surface area (Å²) < 4.78 is 5.17. The molecule has 1 aliphatic rings. The average molecular weight is 263 g/mol. The fourth-order valence-corrected chi connectivity index (χ4v) is 1.91. The quantitative estimate of drug-likeness (QED) is 0.631. The smallest absolute Gasteiger partial charge is 0.314 e. The molecule has 1 amide bonds. The van der Waals surface area contributed by atoms with Crippen molar-refractivity contribution in [1.82, 2.24) is 0 Å². The molecule has 19 heavy (non-hydrogen) atoms. The molecule has 1 aliphatic heterocycles. The third-order valence-electron chi connectivity index (χ3n) is 2.92. The van der Waals surface area contributed by atoms with E-state index in [0.717, 1.165) is 0 Å². The summed E-state index contributed by atoms with van der Waals surface area (Å²) in [6.07, 6.45) is 0.216. The van der Waals surface area contributed by atoms with Gasteiger partial charge >= 0.3 is 5.97 Å². The van der Waals surface area contributed by atoms with Crippen LogP contribution in [0.3, 0.4) is 0 Å². The standard InChI is InChI=1S/C13H13NO5/c1-2-8(13(17)18)12(16)7-3-4-10-9(5-7)14-11(15)6-19-10/h3-5,8H,2,6H2,1H3,(H,14,15)(H,17,18). The first-order chi connectivity index (χ1) is 9.02. The summed E-state index contributed by atoms with van der Waals surface area (Å²) in [5.74, 6) is -2.52. The van der Waals surface area contributed by atoms with Crippen LogP contribution in [0.25, 0.3) is 0 Å². The number of nitrogens with one attached hydrogen (secondary N) is 1. The van der Waals surface area contributed by atoms with Crippen molar-refractivity contribution >= 4 is 23.3 Å². The minimum Gasteiger partial charge on any atom is -0.482 e. The van der Waals surface area contributed by atoms with Gasteiger partial charge in [-0.2, -0.15) is 0 Å². The van der Waals surface area contributed by atoms with Crippen LogP contribution >= 0.6 is 0 Å². The third kappa shape index (κ3) is 2.57. The second kappa shape index (κ2) is 5.09. The Kier molecular flexibility index (Phi) is 3.50. The zero-order valence-corrected chi connectivity index (χ0v) is 10.3. The number of carbonyl (C=O) groups is 3. The molecule has 0 aromatic heterocycles. The first kappa shape index (κ1) is 13.1. The van der Waals surface area contributed by atoms with Gasteiger partial charge in [-0.1, -0.05) is 6.92 Å². The van der Waals surface area contributed by atoms with Crippen molar-refractivity contribution in [2.75, 3.05) is 11.9 Å². The number of carboxylic acid groups (broad SMARTS) is 1. The van der Waals surface area contributed by atoms with Crippen molar-refractivity contribution < 1.29 is 24.2 Å². The van der Waals surface area contributed by atoms with E-state index in [1.165, 1.54) is 12.1 Å². The molecule has 0 aliphatic carbocycles. The molecule has 2 N–H and O–H groups in total. The number of benzene rings is 1. The number of anilines is 1. The molecule has 100 valence electrons. The number of hydrogen-bond acceptors (Lipinski definition) is 4. The molecule has 1 aromatic carbocycles. The molecule has 1 atom stereocenters. The van der Waals surface area contributed by atoms with Gasteiger partial charge < -0.3 is 15.2 Å². The van der Waals surface area contributed by atoms with Crippen molar-refractivity contribution in [2.45, 2.75) is 13.3 Å². The van der Waals surface area contributed by atoms with Crippen LogP contribution in [0, 0.1) is 5.92 Å². The summed E-state index contributed by atoms with van der Waals surface area (Å²) in [7, 11) is 0. The average Bonchev–Trinajstić information content (AvgIpc) is 2.38. The zero-order valence-electron chi connectivity index (χ0n) is 10.3. The number of aliphatic carboxylic acids is 1. The Morgan fingerprint density at radius 2 is 2.21 bits per heavy atom. The predicted octanol–water partition coefficient (Wildman–Crippen LogP) is 1.31. The van der Waals surface area contributed by atoms with E-state index in [4.69, 9.17) is 9.84 Å². The minimum atomic E-state index is -1.15. The number of ketones is 1. The van der Waals surface area contributed by atoms with Gasteiger partial charge in [0.1, 0.15) is 11.7 Å². The van der Waals surface area contributed by atoms with E-state index in [-0.39, 0.29) is 24.5 Å². The highest BCUT2D eigenvalue weighted by Gasteiger charge is 2.26. The molecule has 0 spiro atoms. The Bertz CT molecular complexity index is 552. The van der Waals surface area contributed by atoms with E-state index < -0.39 is 17.7 Å². The zero-order chi connectivity index (χ0) is 14.0. The first-order valence-corrected chi connectivity index (χ1v) is 5.86. The maximum Gasteiger partial charge on any atom is 0.314 e. The van der Waals surface area contributed by atoms with E-state index in [0.29, 0.717) is 11.4 Å². The van der Waals surface area contributed by atoms with Gasteiger partial charge in [-0.3, -0.25) is 14.4 Å². The van der Waals surface area contributed by atoms with Gasteiger partial charge in [0.2, 0.25) is 0 Å². The van der Waals surface area contributed by atoms with E-state index in [9.17, 15) is 14.4 Å². The maximum absolute atomic E-state index is 12.1. The van der Waals surface area contributed by atoms with Crippen LogP contribution in [0.15, 0.2) is 18.2 Å². The van der Waals surface area contributed by atoms with Gasteiger partial charge in [0.15, 0.2) is 12.4 Å². The molecule has 1 unspecified atom stereocenters. The molecule has 2 rings (SSSR count). The number of fused-ring (bicyclic) bond motifs is 1. The summed E-state index contributed by atoms with van der Waals surface area (Å²) in [5.41, 5.74) is 0.640. The number of amides is 1. The lowest BCUT2D eigenvalue weighted by molar-refractivity contribution is -0.140. The van der Waals surface area contributed by atoms with Crippen LogP contribution in [0.5, 0.6) is 5.75 Å². The molecular formula is C13H13NO5. The Morgan fingerprint density at radius 3 is 2.84 bits per heavy atom. The van der Waals surface area contributed by atoms with Gasteiger partial charge in [-0.25, -0.2) is 0 Å². The fourth-order valence-electron chi connectivity index (χ4n) is 1.91. The van der Waals surface area contributed by atoms with Gasteiger partial charge in [-0.05, 0) is 24.6 Å². The first-order valence-electron chi connectivity index (χ1n) is 5.86. The van der Waals surface area contributed by atoms with E-state index >= 15 is 0 Å². The molecule has 6 nitrogen and oxygen atoms in total. The third-order valence-corrected chi connectivity index (χ3v) is 2.92. The van der Waals surface area contributed by atoms with Gasteiger partial charge in [0.25, 0.3) is 5.91 Å². The number of carboxylic acids is 1. The largest absolute Gasteiger partial charge is 0.482 e. The van der Waals surface area contributed by atoms with E-state index in [1.807, 2.05) is 0 Å². The minimum absolute atomic E-state index is 0.0625. The van der Waals surface area contributed by atoms with Gasteiger partial charge in [0, 0.05) is 5.56 Å². The summed E-state index contributed by atoms with van der Waals surface area (Å²) in [6, 6.07) is 4.50. The lowest BCUT2D eigenvalue weighted by Gasteiger charge is -2.18. The molecule has 1 aromatic rings. The van der Waals surface area contributed by atoms with E-state index in [2.05, 4.69) is 5.32 Å². The molecule has 0 saturated carbocycles. The predicted molar refractivity (Wildman–Crippen MR) is 66.3 cm³/mol. The molecular weight excluding hydrogens is 250 g/mol. The Hall–Kier alpha value is -2.37. The van der Waals surface area contributed by atoms with Crippen molar-refractivity contribution in [3.8, 4) is 5.75 Å². The van der Waals surface area contributed by atoms with Crippen LogP contribution in [-0.4, -0.2) is 29.4 Å². The highest BCUT2D eigenvalue weighted by atomic mass is 16.5. The van der Waals surface area contributed by atoms with Gasteiger partial charge in [0.05, 0.1) is 5.69 Å².